The first-order chi connectivity index (χ1) is 15.2. The van der Waals surface area contributed by atoms with E-state index in [1.54, 1.807) is 6.20 Å². The van der Waals surface area contributed by atoms with Gasteiger partial charge in [-0.3, -0.25) is 4.79 Å². The predicted molar refractivity (Wildman–Crippen MR) is 122 cm³/mol. The van der Waals surface area contributed by atoms with Gasteiger partial charge in [0.1, 0.15) is 5.60 Å². The molecular formula is C25H30N4O3. The molecule has 2 heterocycles. The van der Waals surface area contributed by atoms with E-state index in [1.807, 2.05) is 56.8 Å². The second kappa shape index (κ2) is 7.50. The van der Waals surface area contributed by atoms with Crippen LogP contribution in [0.2, 0.25) is 0 Å². The number of ether oxygens (including phenoxy) is 1. The first-order valence-electron chi connectivity index (χ1n) is 11.4. The SMILES string of the molecule is Cn1ccc2ccc(C(=O)N(C3CC3)C3CCc4nn(C(=O)OC(C)(C)C)cc4C3)cc21. The van der Waals surface area contributed by atoms with Crippen molar-refractivity contribution < 1.29 is 14.3 Å². The average molecular weight is 435 g/mol. The minimum atomic E-state index is -0.569. The van der Waals surface area contributed by atoms with Crippen LogP contribution in [0.5, 0.6) is 0 Å². The standard InChI is InChI=1S/C25H30N4O3/c1-25(2,3)32-24(31)28-15-18-13-20(9-10-21(18)26-28)29(19-7-8-19)23(30)17-6-5-16-11-12-27(4)22(16)14-17/h5-6,11-12,14-15,19-20H,7-10,13H2,1-4H3. The molecule has 1 amide bonds. The third kappa shape index (κ3) is 3.92. The number of aromatic nitrogens is 3. The summed E-state index contributed by atoms with van der Waals surface area (Å²) in [6.45, 7) is 5.53. The predicted octanol–water partition coefficient (Wildman–Crippen LogP) is 4.32. The molecule has 0 saturated heterocycles. The average Bonchev–Trinajstić information content (AvgIpc) is 3.35. The van der Waals surface area contributed by atoms with Gasteiger partial charge in [-0.25, -0.2) is 4.79 Å². The smallest absolute Gasteiger partial charge is 0.435 e. The quantitative estimate of drug-likeness (QED) is 0.616. The highest BCUT2D eigenvalue weighted by molar-refractivity contribution is 5.98. The highest BCUT2D eigenvalue weighted by atomic mass is 16.6. The van der Waals surface area contributed by atoms with Crippen LogP contribution >= 0.6 is 0 Å². The molecule has 32 heavy (non-hydrogen) atoms. The molecule has 2 aliphatic rings. The van der Waals surface area contributed by atoms with E-state index in [9.17, 15) is 9.59 Å². The molecule has 3 aromatic rings. The molecule has 7 heteroatoms. The summed E-state index contributed by atoms with van der Waals surface area (Å²) < 4.78 is 8.81. The second-order valence-electron chi connectivity index (χ2n) is 10.1. The number of hydrogen-bond donors (Lipinski definition) is 0. The van der Waals surface area contributed by atoms with E-state index in [0.717, 1.165) is 53.4 Å². The lowest BCUT2D eigenvalue weighted by Crippen LogP contribution is -2.44. The number of benzene rings is 1. The third-order valence-electron chi connectivity index (χ3n) is 6.33. The Labute approximate surface area is 187 Å². The Hall–Kier alpha value is -3.09. The maximum absolute atomic E-state index is 13.6. The second-order valence-corrected chi connectivity index (χ2v) is 10.1. The molecule has 0 radical (unpaired) electrons. The number of aryl methyl sites for hydroxylation is 2. The molecule has 1 unspecified atom stereocenters. The number of amides is 1. The Kier molecular flexibility index (Phi) is 4.87. The largest absolute Gasteiger partial charge is 0.442 e. The Morgan fingerprint density at radius 1 is 1.12 bits per heavy atom. The minimum Gasteiger partial charge on any atom is -0.442 e. The van der Waals surface area contributed by atoms with Crippen molar-refractivity contribution >= 4 is 22.9 Å². The van der Waals surface area contributed by atoms with E-state index in [-0.39, 0.29) is 11.9 Å². The normalized spacial score (nSPS) is 18.4. The minimum absolute atomic E-state index is 0.101. The van der Waals surface area contributed by atoms with Gasteiger partial charge in [0.15, 0.2) is 0 Å². The van der Waals surface area contributed by atoms with Crippen molar-refractivity contribution in [3.05, 3.63) is 53.5 Å². The van der Waals surface area contributed by atoms with Crippen molar-refractivity contribution in [2.75, 3.05) is 0 Å². The van der Waals surface area contributed by atoms with Gasteiger partial charge in [0.25, 0.3) is 5.91 Å². The Bertz CT molecular complexity index is 1200. The summed E-state index contributed by atoms with van der Waals surface area (Å²) in [6.07, 6.45) is 7.76. The molecule has 5 rings (SSSR count). The zero-order valence-electron chi connectivity index (χ0n) is 19.2. The molecule has 0 spiro atoms. The summed E-state index contributed by atoms with van der Waals surface area (Å²) in [7, 11) is 2.00. The zero-order chi connectivity index (χ0) is 22.6. The molecule has 2 aliphatic carbocycles. The molecule has 1 atom stereocenters. The van der Waals surface area contributed by atoms with Crippen molar-refractivity contribution in [2.24, 2.45) is 7.05 Å². The highest BCUT2D eigenvalue weighted by Gasteiger charge is 2.39. The van der Waals surface area contributed by atoms with Gasteiger partial charge in [0.2, 0.25) is 0 Å². The van der Waals surface area contributed by atoms with Crippen molar-refractivity contribution in [1.29, 1.82) is 0 Å². The van der Waals surface area contributed by atoms with E-state index in [1.165, 1.54) is 4.68 Å². The highest BCUT2D eigenvalue weighted by Crippen LogP contribution is 2.35. The van der Waals surface area contributed by atoms with E-state index < -0.39 is 11.7 Å². The first kappa shape index (κ1) is 20.8. The lowest BCUT2D eigenvalue weighted by atomic mass is 9.91. The summed E-state index contributed by atoms with van der Waals surface area (Å²) in [6, 6.07) is 8.45. The monoisotopic (exact) mass is 434 g/mol. The van der Waals surface area contributed by atoms with E-state index >= 15 is 0 Å². The topological polar surface area (TPSA) is 69.4 Å². The van der Waals surface area contributed by atoms with Crippen LogP contribution in [0.1, 0.15) is 61.6 Å². The van der Waals surface area contributed by atoms with E-state index in [2.05, 4.69) is 16.1 Å². The fourth-order valence-corrected chi connectivity index (χ4v) is 4.65. The number of carbonyl (C=O) groups excluding carboxylic acids is 2. The Morgan fingerprint density at radius 3 is 2.62 bits per heavy atom. The fourth-order valence-electron chi connectivity index (χ4n) is 4.65. The van der Waals surface area contributed by atoms with Crippen LogP contribution in [0.25, 0.3) is 10.9 Å². The van der Waals surface area contributed by atoms with Gasteiger partial charge in [0, 0.05) is 42.6 Å². The molecular weight excluding hydrogens is 404 g/mol. The van der Waals surface area contributed by atoms with Gasteiger partial charge in [-0.1, -0.05) is 6.07 Å². The number of nitrogens with zero attached hydrogens (tertiary/aromatic N) is 4. The molecule has 1 fully saturated rings. The fraction of sp³-hybridized carbons (Fsp3) is 0.480. The molecule has 1 aromatic carbocycles. The maximum atomic E-state index is 13.6. The van der Waals surface area contributed by atoms with Crippen molar-refractivity contribution in [3.8, 4) is 0 Å². The van der Waals surface area contributed by atoms with Crippen molar-refractivity contribution in [3.63, 3.8) is 0 Å². The van der Waals surface area contributed by atoms with Gasteiger partial charge in [-0.2, -0.15) is 9.78 Å². The van der Waals surface area contributed by atoms with Crippen LogP contribution in [0, 0.1) is 0 Å². The number of hydrogen-bond acceptors (Lipinski definition) is 4. The molecule has 7 nitrogen and oxygen atoms in total. The summed E-state index contributed by atoms with van der Waals surface area (Å²) in [5, 5.41) is 5.60. The lowest BCUT2D eigenvalue weighted by molar-refractivity contribution is 0.0513. The van der Waals surface area contributed by atoms with Crippen LogP contribution < -0.4 is 0 Å². The van der Waals surface area contributed by atoms with Crippen LogP contribution in [0.15, 0.2) is 36.7 Å². The lowest BCUT2D eigenvalue weighted by Gasteiger charge is -2.34. The van der Waals surface area contributed by atoms with Crippen LogP contribution in [-0.4, -0.2) is 48.9 Å². The number of carbonyl (C=O) groups is 2. The summed E-state index contributed by atoms with van der Waals surface area (Å²) >= 11 is 0. The van der Waals surface area contributed by atoms with Gasteiger partial charge in [0.05, 0.1) is 5.69 Å². The van der Waals surface area contributed by atoms with E-state index in [0.29, 0.717) is 12.5 Å². The van der Waals surface area contributed by atoms with Gasteiger partial charge in [-0.05, 0) is 82.0 Å². The van der Waals surface area contributed by atoms with Crippen LogP contribution in [0.3, 0.4) is 0 Å². The third-order valence-corrected chi connectivity index (χ3v) is 6.33. The summed E-state index contributed by atoms with van der Waals surface area (Å²) in [4.78, 5) is 28.1. The summed E-state index contributed by atoms with van der Waals surface area (Å²) in [5.41, 5.74) is 3.20. The van der Waals surface area contributed by atoms with Crippen LogP contribution in [0.4, 0.5) is 4.79 Å². The molecule has 0 N–H and O–H groups in total. The van der Waals surface area contributed by atoms with Crippen molar-refractivity contribution in [2.45, 2.75) is 70.6 Å². The summed E-state index contributed by atoms with van der Waals surface area (Å²) in [5.74, 6) is 0.101. The van der Waals surface area contributed by atoms with Crippen LogP contribution in [-0.2, 0) is 24.6 Å². The molecule has 168 valence electrons. The number of fused-ring (bicyclic) bond motifs is 2. The maximum Gasteiger partial charge on any atom is 0.435 e. The van der Waals surface area contributed by atoms with E-state index in [4.69, 9.17) is 4.74 Å². The molecule has 0 bridgehead atoms. The first-order valence-corrected chi connectivity index (χ1v) is 11.4. The zero-order valence-corrected chi connectivity index (χ0v) is 19.2. The van der Waals surface area contributed by atoms with Gasteiger partial charge >= 0.3 is 6.09 Å². The Morgan fingerprint density at radius 2 is 1.91 bits per heavy atom. The van der Waals surface area contributed by atoms with Gasteiger partial charge in [-0.15, -0.1) is 0 Å². The molecule has 1 saturated carbocycles. The number of rotatable bonds is 3. The van der Waals surface area contributed by atoms with Gasteiger partial charge < -0.3 is 14.2 Å². The molecule has 2 aromatic heterocycles. The molecule has 0 aliphatic heterocycles. The Balaban J connectivity index is 1.38. The van der Waals surface area contributed by atoms with Crippen molar-refractivity contribution in [1.82, 2.24) is 19.2 Å².